The highest BCUT2D eigenvalue weighted by atomic mass is 35.5. The smallest absolute Gasteiger partial charge is 0.274 e. The molecule has 0 spiro atoms. The van der Waals surface area contributed by atoms with E-state index in [1.54, 1.807) is 42.6 Å². The third kappa shape index (κ3) is 3.67. The van der Waals surface area contributed by atoms with Gasteiger partial charge in [-0.3, -0.25) is 19.4 Å². The number of anilines is 2. The van der Waals surface area contributed by atoms with Crippen molar-refractivity contribution in [1.82, 2.24) is 4.98 Å². The lowest BCUT2D eigenvalue weighted by molar-refractivity contribution is 0.0924. The van der Waals surface area contributed by atoms with Crippen molar-refractivity contribution in [3.05, 3.63) is 87.2 Å². The van der Waals surface area contributed by atoms with Crippen LogP contribution < -0.4 is 10.2 Å². The Hall–Kier alpha value is -3.51. The molecule has 3 aromatic rings. The van der Waals surface area contributed by atoms with Gasteiger partial charge in [-0.15, -0.1) is 0 Å². The van der Waals surface area contributed by atoms with Crippen molar-refractivity contribution >= 4 is 40.7 Å². The molecule has 2 heterocycles. The fraction of sp³-hybridized carbons (Fsp3) is 0.200. The van der Waals surface area contributed by atoms with Crippen molar-refractivity contribution < 1.29 is 14.4 Å². The number of halogens is 1. The Bertz CT molecular complexity index is 1260. The summed E-state index contributed by atoms with van der Waals surface area (Å²) in [4.78, 5) is 44.1. The molecule has 0 saturated carbocycles. The van der Waals surface area contributed by atoms with Gasteiger partial charge in [0.1, 0.15) is 5.69 Å². The maximum absolute atomic E-state index is 13.2. The second-order valence-corrected chi connectivity index (χ2v) is 8.16. The minimum absolute atomic E-state index is 0.199. The van der Waals surface area contributed by atoms with Crippen LogP contribution in [0.5, 0.6) is 0 Å². The molecule has 6 nitrogen and oxygen atoms in total. The molecule has 0 atom stereocenters. The zero-order chi connectivity index (χ0) is 23.0. The fourth-order valence-corrected chi connectivity index (χ4v) is 4.11. The summed E-state index contributed by atoms with van der Waals surface area (Å²) < 4.78 is 0. The molecule has 1 aromatic heterocycles. The van der Waals surface area contributed by atoms with E-state index < -0.39 is 5.91 Å². The van der Waals surface area contributed by atoms with E-state index in [2.05, 4.69) is 10.3 Å². The second kappa shape index (κ2) is 8.55. The van der Waals surface area contributed by atoms with Gasteiger partial charge in [0.15, 0.2) is 0 Å². The van der Waals surface area contributed by atoms with Crippen LogP contribution in [-0.2, 0) is 6.42 Å². The molecule has 1 aliphatic rings. The van der Waals surface area contributed by atoms with Gasteiger partial charge in [-0.1, -0.05) is 37.1 Å². The number of nitrogens with one attached hydrogen (secondary N) is 1. The molecule has 0 fully saturated rings. The Labute approximate surface area is 191 Å². The number of amides is 3. The van der Waals surface area contributed by atoms with E-state index in [9.17, 15) is 14.4 Å². The molecule has 0 saturated heterocycles. The van der Waals surface area contributed by atoms with Crippen molar-refractivity contribution in [2.24, 2.45) is 0 Å². The highest BCUT2D eigenvalue weighted by molar-refractivity contribution is 6.40. The molecule has 3 amide bonds. The number of imide groups is 1. The molecule has 0 unspecified atom stereocenters. The van der Waals surface area contributed by atoms with Crippen LogP contribution in [0, 0.1) is 13.8 Å². The van der Waals surface area contributed by atoms with Crippen LogP contribution in [0.4, 0.5) is 11.4 Å². The minimum Gasteiger partial charge on any atom is -0.320 e. The van der Waals surface area contributed by atoms with E-state index in [0.29, 0.717) is 28.9 Å². The summed E-state index contributed by atoms with van der Waals surface area (Å²) in [5.41, 5.74) is 4.41. The standard InChI is InChI=1S/C25H22ClN3O3/c1-4-7-16-12-21(18(26)13-20(16)28-23(30)19-8-5-6-11-27-19)29-24(31)17-10-9-14(2)15(3)22(17)25(29)32/h5-6,8-13H,4,7H2,1-3H3,(H,28,30). The molecule has 2 aromatic carbocycles. The summed E-state index contributed by atoms with van der Waals surface area (Å²) in [6.07, 6.45) is 2.97. The lowest BCUT2D eigenvalue weighted by Crippen LogP contribution is -2.30. The lowest BCUT2D eigenvalue weighted by Gasteiger charge is -2.19. The van der Waals surface area contributed by atoms with E-state index in [1.165, 1.54) is 0 Å². The summed E-state index contributed by atoms with van der Waals surface area (Å²) in [6.45, 7) is 5.75. The van der Waals surface area contributed by atoms with E-state index in [-0.39, 0.29) is 22.5 Å². The molecular formula is C25H22ClN3O3. The molecule has 0 radical (unpaired) electrons. The van der Waals surface area contributed by atoms with Gasteiger partial charge in [0.25, 0.3) is 17.7 Å². The second-order valence-electron chi connectivity index (χ2n) is 7.76. The van der Waals surface area contributed by atoms with E-state index in [1.807, 2.05) is 26.8 Å². The summed E-state index contributed by atoms with van der Waals surface area (Å²) in [7, 11) is 0. The quantitative estimate of drug-likeness (QED) is 0.534. The Kier molecular flexibility index (Phi) is 5.80. The van der Waals surface area contributed by atoms with Crippen LogP contribution >= 0.6 is 11.6 Å². The first-order chi connectivity index (χ1) is 15.3. The predicted octanol–water partition coefficient (Wildman–Crippen LogP) is 5.36. The van der Waals surface area contributed by atoms with Gasteiger partial charge in [-0.2, -0.15) is 0 Å². The van der Waals surface area contributed by atoms with Crippen molar-refractivity contribution in [1.29, 1.82) is 0 Å². The van der Waals surface area contributed by atoms with Gasteiger partial charge in [0.2, 0.25) is 0 Å². The number of aromatic nitrogens is 1. The largest absolute Gasteiger partial charge is 0.320 e. The Morgan fingerprint density at radius 1 is 1.09 bits per heavy atom. The van der Waals surface area contributed by atoms with Crippen LogP contribution in [0.25, 0.3) is 0 Å². The normalized spacial score (nSPS) is 12.8. The van der Waals surface area contributed by atoms with Gasteiger partial charge >= 0.3 is 0 Å². The Balaban J connectivity index is 1.74. The molecule has 1 N–H and O–H groups in total. The highest BCUT2D eigenvalue weighted by Gasteiger charge is 2.39. The van der Waals surface area contributed by atoms with Crippen LogP contribution in [0.15, 0.2) is 48.7 Å². The van der Waals surface area contributed by atoms with Gasteiger partial charge in [0.05, 0.1) is 21.8 Å². The van der Waals surface area contributed by atoms with Crippen LogP contribution in [0.1, 0.15) is 61.2 Å². The average Bonchev–Trinajstić information content (AvgIpc) is 3.03. The molecule has 0 bridgehead atoms. The molecule has 162 valence electrons. The zero-order valence-corrected chi connectivity index (χ0v) is 18.8. The monoisotopic (exact) mass is 447 g/mol. The molecule has 7 heteroatoms. The van der Waals surface area contributed by atoms with Gasteiger partial charge < -0.3 is 5.32 Å². The first kappa shape index (κ1) is 21.7. The van der Waals surface area contributed by atoms with Crippen molar-refractivity contribution in [2.45, 2.75) is 33.6 Å². The topological polar surface area (TPSA) is 79.4 Å². The summed E-state index contributed by atoms with van der Waals surface area (Å²) >= 11 is 6.54. The number of rotatable bonds is 5. The molecule has 4 rings (SSSR count). The number of hydrogen-bond donors (Lipinski definition) is 1. The molecule has 0 aliphatic carbocycles. The summed E-state index contributed by atoms with van der Waals surface area (Å²) in [5.74, 6) is -1.15. The van der Waals surface area contributed by atoms with E-state index >= 15 is 0 Å². The van der Waals surface area contributed by atoms with Crippen LogP contribution in [-0.4, -0.2) is 22.7 Å². The molecule has 1 aliphatic heterocycles. The number of fused-ring (bicyclic) bond motifs is 1. The van der Waals surface area contributed by atoms with Crippen molar-refractivity contribution in [3.63, 3.8) is 0 Å². The maximum atomic E-state index is 13.2. The van der Waals surface area contributed by atoms with Gasteiger partial charge in [-0.25, -0.2) is 4.90 Å². The van der Waals surface area contributed by atoms with Gasteiger partial charge in [-0.05, 0) is 67.3 Å². The van der Waals surface area contributed by atoms with Crippen LogP contribution in [0.2, 0.25) is 5.02 Å². The molecule has 32 heavy (non-hydrogen) atoms. The lowest BCUT2D eigenvalue weighted by atomic mass is 9.99. The summed E-state index contributed by atoms with van der Waals surface area (Å²) in [6, 6.07) is 11.9. The number of nitrogens with zero attached hydrogens (tertiary/aromatic N) is 2. The third-order valence-corrected chi connectivity index (χ3v) is 5.97. The predicted molar refractivity (Wildman–Crippen MR) is 125 cm³/mol. The molecular weight excluding hydrogens is 426 g/mol. The number of hydrogen-bond acceptors (Lipinski definition) is 4. The highest BCUT2D eigenvalue weighted by Crippen LogP contribution is 2.38. The fourth-order valence-electron chi connectivity index (χ4n) is 3.87. The van der Waals surface area contributed by atoms with Crippen molar-refractivity contribution in [3.8, 4) is 0 Å². The number of carbonyl (C=O) groups excluding carboxylic acids is 3. The van der Waals surface area contributed by atoms with E-state index in [0.717, 1.165) is 28.0 Å². The zero-order valence-electron chi connectivity index (χ0n) is 18.0. The van der Waals surface area contributed by atoms with Gasteiger partial charge in [0, 0.05) is 11.9 Å². The maximum Gasteiger partial charge on any atom is 0.274 e. The number of pyridine rings is 1. The van der Waals surface area contributed by atoms with Crippen LogP contribution in [0.3, 0.4) is 0 Å². The van der Waals surface area contributed by atoms with Crippen molar-refractivity contribution in [2.75, 3.05) is 10.2 Å². The average molecular weight is 448 g/mol. The Morgan fingerprint density at radius 2 is 1.88 bits per heavy atom. The third-order valence-electron chi connectivity index (χ3n) is 5.66. The number of carbonyl (C=O) groups is 3. The summed E-state index contributed by atoms with van der Waals surface area (Å²) in [5, 5.41) is 3.05. The first-order valence-corrected chi connectivity index (χ1v) is 10.7. The van der Waals surface area contributed by atoms with E-state index in [4.69, 9.17) is 11.6 Å². The number of aryl methyl sites for hydroxylation is 2. The SMILES string of the molecule is CCCc1cc(N2C(=O)c3ccc(C)c(C)c3C2=O)c(Cl)cc1NC(=O)c1ccccn1. The first-order valence-electron chi connectivity index (χ1n) is 10.4. The minimum atomic E-state index is -0.400. The Morgan fingerprint density at radius 3 is 2.56 bits per heavy atom. The number of benzene rings is 2.